The molecule has 3 heterocycles. The zero-order valence-electron chi connectivity index (χ0n) is 17.7. The minimum absolute atomic E-state index is 0.0659. The lowest BCUT2D eigenvalue weighted by Gasteiger charge is -2.22. The molecule has 0 spiro atoms. The highest BCUT2D eigenvalue weighted by Crippen LogP contribution is 2.40. The standard InChI is InChI=1S/C17H21N5O3.C3H8O2/c1-3-11(2)16(23)24-9-17(8-18)7-6-14(25-17)12-4-5-13-15(19)20-10-21-22(12)13;1-3(2,4)5/h4-5,10-11,14H,3,6-7,9H2,1-2H3,(H2,19,20,21);4-5H,1-2H3/t11-,14-,17-;/m1./s1. The minimum atomic E-state index is -1.50. The number of fused-ring (bicyclic) bond motifs is 1. The Hall–Kier alpha value is -2.74. The van der Waals surface area contributed by atoms with Gasteiger partial charge in [0.2, 0.25) is 0 Å². The maximum Gasteiger partial charge on any atom is 0.308 e. The summed E-state index contributed by atoms with van der Waals surface area (Å²) in [7, 11) is 0. The van der Waals surface area contributed by atoms with Crippen LogP contribution in [0, 0.1) is 17.2 Å². The van der Waals surface area contributed by atoms with Crippen LogP contribution in [-0.2, 0) is 14.3 Å². The molecule has 2 aromatic heterocycles. The van der Waals surface area contributed by atoms with Crippen LogP contribution in [0.5, 0.6) is 0 Å². The smallest absolute Gasteiger partial charge is 0.308 e. The minimum Gasteiger partial charge on any atom is -0.461 e. The van der Waals surface area contributed by atoms with Crippen LogP contribution in [0.4, 0.5) is 5.82 Å². The van der Waals surface area contributed by atoms with Gasteiger partial charge in [-0.25, -0.2) is 9.50 Å². The Bertz CT molecular complexity index is 910. The molecule has 1 aliphatic heterocycles. The van der Waals surface area contributed by atoms with Gasteiger partial charge in [-0.15, -0.1) is 0 Å². The third-order valence-corrected chi connectivity index (χ3v) is 4.69. The fraction of sp³-hybridized carbons (Fsp3) is 0.600. The molecule has 0 amide bonds. The van der Waals surface area contributed by atoms with Gasteiger partial charge in [0.15, 0.2) is 17.2 Å². The molecule has 1 aliphatic rings. The fourth-order valence-electron chi connectivity index (χ4n) is 2.90. The van der Waals surface area contributed by atoms with E-state index >= 15 is 0 Å². The molecule has 30 heavy (non-hydrogen) atoms. The number of esters is 1. The second kappa shape index (κ2) is 9.38. The van der Waals surface area contributed by atoms with Crippen molar-refractivity contribution in [1.82, 2.24) is 14.6 Å². The number of carbonyl (C=O) groups excluding carboxylic acids is 1. The summed E-state index contributed by atoms with van der Waals surface area (Å²) in [5, 5.41) is 29.9. The highest BCUT2D eigenvalue weighted by molar-refractivity contribution is 5.72. The molecule has 10 nitrogen and oxygen atoms in total. The molecule has 1 saturated heterocycles. The maximum absolute atomic E-state index is 11.9. The monoisotopic (exact) mass is 419 g/mol. The molecule has 0 saturated carbocycles. The molecule has 10 heteroatoms. The number of carbonyl (C=O) groups is 1. The summed E-state index contributed by atoms with van der Waals surface area (Å²) in [6, 6.07) is 5.86. The van der Waals surface area contributed by atoms with Crippen LogP contribution in [0.15, 0.2) is 18.5 Å². The number of nitrogen functional groups attached to an aromatic ring is 1. The highest BCUT2D eigenvalue weighted by atomic mass is 16.6. The molecular weight excluding hydrogens is 390 g/mol. The van der Waals surface area contributed by atoms with Crippen LogP contribution < -0.4 is 5.73 Å². The first-order valence-electron chi connectivity index (χ1n) is 9.78. The zero-order valence-corrected chi connectivity index (χ0v) is 17.7. The van der Waals surface area contributed by atoms with Crippen molar-refractivity contribution in [3.8, 4) is 6.07 Å². The van der Waals surface area contributed by atoms with Crippen molar-refractivity contribution in [2.75, 3.05) is 12.3 Å². The van der Waals surface area contributed by atoms with Crippen molar-refractivity contribution in [1.29, 1.82) is 5.26 Å². The zero-order chi connectivity index (χ0) is 22.5. The summed E-state index contributed by atoms with van der Waals surface area (Å²) in [6.45, 7) is 6.25. The summed E-state index contributed by atoms with van der Waals surface area (Å²) in [5.74, 6) is -1.62. The Balaban J connectivity index is 0.000000575. The van der Waals surface area contributed by atoms with Crippen molar-refractivity contribution in [2.24, 2.45) is 5.92 Å². The van der Waals surface area contributed by atoms with E-state index < -0.39 is 11.4 Å². The average Bonchev–Trinajstić information content (AvgIpc) is 3.29. The predicted molar refractivity (Wildman–Crippen MR) is 108 cm³/mol. The van der Waals surface area contributed by atoms with Gasteiger partial charge in [0, 0.05) is 0 Å². The van der Waals surface area contributed by atoms with Gasteiger partial charge in [0.1, 0.15) is 30.6 Å². The number of aromatic nitrogens is 3. The first kappa shape index (κ1) is 23.5. The third kappa shape index (κ3) is 5.89. The van der Waals surface area contributed by atoms with Gasteiger partial charge < -0.3 is 25.4 Å². The number of nitriles is 1. The van der Waals surface area contributed by atoms with Gasteiger partial charge in [-0.1, -0.05) is 13.8 Å². The van der Waals surface area contributed by atoms with Crippen LogP contribution in [0.1, 0.15) is 58.8 Å². The van der Waals surface area contributed by atoms with E-state index in [1.807, 2.05) is 19.1 Å². The molecule has 4 N–H and O–H groups in total. The fourth-order valence-corrected chi connectivity index (χ4v) is 2.90. The van der Waals surface area contributed by atoms with Crippen LogP contribution >= 0.6 is 0 Å². The van der Waals surface area contributed by atoms with E-state index in [2.05, 4.69) is 16.2 Å². The SMILES string of the molecule is CC(C)(O)O.CC[C@@H](C)C(=O)OC[C@]1(C#N)CC[C@H](c2ccc3c(N)ncnn23)O1. The number of anilines is 1. The largest absolute Gasteiger partial charge is 0.461 e. The van der Waals surface area contributed by atoms with Gasteiger partial charge in [0.25, 0.3) is 0 Å². The van der Waals surface area contributed by atoms with E-state index in [-0.39, 0.29) is 24.6 Å². The predicted octanol–water partition coefficient (Wildman–Crippen LogP) is 1.72. The van der Waals surface area contributed by atoms with Crippen molar-refractivity contribution in [2.45, 2.75) is 64.4 Å². The number of nitrogens with two attached hydrogens (primary N) is 1. The highest BCUT2D eigenvalue weighted by Gasteiger charge is 2.43. The number of ether oxygens (including phenoxy) is 2. The average molecular weight is 419 g/mol. The van der Waals surface area contributed by atoms with Crippen LogP contribution in [0.3, 0.4) is 0 Å². The molecule has 2 aromatic rings. The number of rotatable bonds is 5. The van der Waals surface area contributed by atoms with Crippen molar-refractivity contribution in [3.63, 3.8) is 0 Å². The van der Waals surface area contributed by atoms with Crippen LogP contribution in [0.2, 0.25) is 0 Å². The summed E-state index contributed by atoms with van der Waals surface area (Å²) in [4.78, 5) is 15.8. The van der Waals surface area contributed by atoms with E-state index in [0.717, 1.165) is 5.69 Å². The first-order chi connectivity index (χ1) is 14.0. The van der Waals surface area contributed by atoms with E-state index in [1.165, 1.54) is 20.2 Å². The van der Waals surface area contributed by atoms with Crippen molar-refractivity contribution >= 4 is 17.3 Å². The summed E-state index contributed by atoms with van der Waals surface area (Å²) in [5.41, 5.74) is 6.21. The van der Waals surface area contributed by atoms with Gasteiger partial charge in [-0.05, 0) is 45.2 Å². The lowest BCUT2D eigenvalue weighted by Crippen LogP contribution is -2.34. The molecule has 3 atom stereocenters. The van der Waals surface area contributed by atoms with Crippen molar-refractivity contribution in [3.05, 3.63) is 24.2 Å². The third-order valence-electron chi connectivity index (χ3n) is 4.69. The summed E-state index contributed by atoms with van der Waals surface area (Å²) in [6.07, 6.45) is 2.87. The lowest BCUT2D eigenvalue weighted by atomic mass is 10.0. The van der Waals surface area contributed by atoms with Crippen molar-refractivity contribution < 1.29 is 24.5 Å². The van der Waals surface area contributed by atoms with Crippen LogP contribution in [-0.4, -0.2) is 48.8 Å². The molecular formula is C20H29N5O5. The normalized spacial score (nSPS) is 22.1. The molecule has 3 rings (SSSR count). The Morgan fingerprint density at radius 3 is 2.80 bits per heavy atom. The first-order valence-corrected chi connectivity index (χ1v) is 9.78. The molecule has 0 aromatic carbocycles. The maximum atomic E-state index is 11.9. The Morgan fingerprint density at radius 2 is 2.20 bits per heavy atom. The Labute approximate surface area is 175 Å². The lowest BCUT2D eigenvalue weighted by molar-refractivity contribution is -0.155. The van der Waals surface area contributed by atoms with Crippen LogP contribution in [0.25, 0.3) is 5.52 Å². The number of hydrogen-bond donors (Lipinski definition) is 3. The molecule has 0 aliphatic carbocycles. The van der Waals surface area contributed by atoms with Gasteiger partial charge in [-0.3, -0.25) is 4.79 Å². The van der Waals surface area contributed by atoms with Gasteiger partial charge in [-0.2, -0.15) is 10.4 Å². The molecule has 0 bridgehead atoms. The Kier molecular flexibility index (Phi) is 7.36. The number of nitrogens with zero attached hydrogens (tertiary/aromatic N) is 4. The quantitative estimate of drug-likeness (QED) is 0.485. The number of hydrogen-bond acceptors (Lipinski definition) is 9. The molecule has 0 unspecified atom stereocenters. The molecule has 1 fully saturated rings. The second-order valence-electron chi connectivity index (χ2n) is 7.86. The summed E-state index contributed by atoms with van der Waals surface area (Å²) >= 11 is 0. The molecule has 164 valence electrons. The van der Waals surface area contributed by atoms with E-state index in [4.69, 9.17) is 25.4 Å². The van der Waals surface area contributed by atoms with E-state index in [0.29, 0.717) is 30.6 Å². The number of aliphatic hydroxyl groups is 2. The second-order valence-corrected chi connectivity index (χ2v) is 7.86. The van der Waals surface area contributed by atoms with Gasteiger partial charge >= 0.3 is 5.97 Å². The van der Waals surface area contributed by atoms with E-state index in [1.54, 1.807) is 11.4 Å². The van der Waals surface area contributed by atoms with Gasteiger partial charge in [0.05, 0.1) is 11.6 Å². The summed E-state index contributed by atoms with van der Waals surface area (Å²) < 4.78 is 13.0. The topological polar surface area (TPSA) is 156 Å². The van der Waals surface area contributed by atoms with E-state index in [9.17, 15) is 10.1 Å². The Morgan fingerprint density at radius 1 is 1.53 bits per heavy atom. The molecule has 0 radical (unpaired) electrons.